The summed E-state index contributed by atoms with van der Waals surface area (Å²) in [5.41, 5.74) is 0. The molecule has 0 spiro atoms. The van der Waals surface area contributed by atoms with Gasteiger partial charge in [-0.1, -0.05) is 0 Å². The van der Waals surface area contributed by atoms with E-state index < -0.39 is 5.97 Å². The number of hydrogen-bond acceptors (Lipinski definition) is 4. The van der Waals surface area contributed by atoms with Gasteiger partial charge in [-0.2, -0.15) is 0 Å². The highest BCUT2D eigenvalue weighted by molar-refractivity contribution is 9.10. The third kappa shape index (κ3) is 3.32. The molecule has 4 nitrogen and oxygen atoms in total. The zero-order chi connectivity index (χ0) is 13.1. The van der Waals surface area contributed by atoms with Gasteiger partial charge in [0.25, 0.3) is 0 Å². The Hall–Kier alpha value is -0.430. The molecule has 0 bridgehead atoms. The molecule has 2 heterocycles. The first-order valence-electron chi connectivity index (χ1n) is 5.99. The number of thiophene rings is 1. The molecule has 0 amide bonds. The lowest BCUT2D eigenvalue weighted by Crippen LogP contribution is -2.51. The van der Waals surface area contributed by atoms with Gasteiger partial charge in [0.15, 0.2) is 0 Å². The van der Waals surface area contributed by atoms with E-state index in [0.717, 1.165) is 32.7 Å². The van der Waals surface area contributed by atoms with Gasteiger partial charge in [-0.15, -0.1) is 11.3 Å². The van der Waals surface area contributed by atoms with Gasteiger partial charge in [-0.3, -0.25) is 14.6 Å². The average Bonchev–Trinajstić information content (AvgIpc) is 2.75. The number of piperazine rings is 1. The molecule has 0 saturated carbocycles. The van der Waals surface area contributed by atoms with Crippen molar-refractivity contribution in [3.63, 3.8) is 0 Å². The highest BCUT2D eigenvalue weighted by atomic mass is 79.9. The SMILES string of the molecule is C[C@H](C(=O)O)N1CCN(Cc2sccc2Br)CC1. The van der Waals surface area contributed by atoms with Crippen molar-refractivity contribution in [2.45, 2.75) is 19.5 Å². The molecular formula is C12H17BrN2O2S. The summed E-state index contributed by atoms with van der Waals surface area (Å²) in [6.07, 6.45) is 0. The van der Waals surface area contributed by atoms with Gasteiger partial charge < -0.3 is 5.11 Å². The van der Waals surface area contributed by atoms with Gasteiger partial charge in [0.1, 0.15) is 6.04 Å². The van der Waals surface area contributed by atoms with Crippen LogP contribution in [0, 0.1) is 0 Å². The van der Waals surface area contributed by atoms with Crippen molar-refractivity contribution in [1.82, 2.24) is 9.80 Å². The van der Waals surface area contributed by atoms with E-state index in [9.17, 15) is 4.79 Å². The molecular weight excluding hydrogens is 316 g/mol. The molecule has 1 atom stereocenters. The molecule has 1 aromatic heterocycles. The summed E-state index contributed by atoms with van der Waals surface area (Å²) in [5.74, 6) is -0.732. The van der Waals surface area contributed by atoms with Crippen LogP contribution in [0.1, 0.15) is 11.8 Å². The summed E-state index contributed by atoms with van der Waals surface area (Å²) in [7, 11) is 0. The molecule has 18 heavy (non-hydrogen) atoms. The summed E-state index contributed by atoms with van der Waals surface area (Å²) in [4.78, 5) is 16.7. The van der Waals surface area contributed by atoms with Gasteiger partial charge in [0.05, 0.1) is 0 Å². The third-order valence-electron chi connectivity index (χ3n) is 3.37. The number of halogens is 1. The number of hydrogen-bond donors (Lipinski definition) is 1. The monoisotopic (exact) mass is 332 g/mol. The number of carboxylic acids is 1. The minimum Gasteiger partial charge on any atom is -0.480 e. The Morgan fingerprint density at radius 2 is 2.17 bits per heavy atom. The molecule has 1 aromatic rings. The van der Waals surface area contributed by atoms with E-state index in [1.807, 2.05) is 4.90 Å². The highest BCUT2D eigenvalue weighted by Gasteiger charge is 2.25. The van der Waals surface area contributed by atoms with Crippen molar-refractivity contribution in [3.05, 3.63) is 20.8 Å². The molecule has 100 valence electrons. The highest BCUT2D eigenvalue weighted by Crippen LogP contribution is 2.24. The predicted octanol–water partition coefficient (Wildman–Crippen LogP) is 2.10. The Morgan fingerprint density at radius 1 is 1.50 bits per heavy atom. The predicted molar refractivity (Wildman–Crippen MR) is 76.0 cm³/mol. The number of nitrogens with zero attached hydrogens (tertiary/aromatic N) is 2. The first-order chi connectivity index (χ1) is 8.58. The number of aliphatic carboxylic acids is 1. The fourth-order valence-corrected chi connectivity index (χ4v) is 3.62. The van der Waals surface area contributed by atoms with Gasteiger partial charge in [0, 0.05) is 42.1 Å². The lowest BCUT2D eigenvalue weighted by atomic mass is 10.2. The summed E-state index contributed by atoms with van der Waals surface area (Å²) in [6.45, 7) is 6.23. The van der Waals surface area contributed by atoms with Gasteiger partial charge in [-0.05, 0) is 34.3 Å². The van der Waals surface area contributed by atoms with Crippen LogP contribution in [0.2, 0.25) is 0 Å². The lowest BCUT2D eigenvalue weighted by Gasteiger charge is -2.36. The zero-order valence-electron chi connectivity index (χ0n) is 10.3. The maximum absolute atomic E-state index is 10.9. The largest absolute Gasteiger partial charge is 0.480 e. The van der Waals surface area contributed by atoms with E-state index >= 15 is 0 Å². The molecule has 1 N–H and O–H groups in total. The summed E-state index contributed by atoms with van der Waals surface area (Å²) >= 11 is 5.30. The Morgan fingerprint density at radius 3 is 2.67 bits per heavy atom. The van der Waals surface area contributed by atoms with Crippen molar-refractivity contribution in [2.24, 2.45) is 0 Å². The molecule has 2 rings (SSSR count). The van der Waals surface area contributed by atoms with Gasteiger partial charge in [0.2, 0.25) is 0 Å². The van der Waals surface area contributed by atoms with Crippen molar-refractivity contribution in [1.29, 1.82) is 0 Å². The number of carbonyl (C=O) groups is 1. The third-order valence-corrected chi connectivity index (χ3v) is 5.28. The van der Waals surface area contributed by atoms with Crippen LogP contribution in [0.4, 0.5) is 0 Å². The first-order valence-corrected chi connectivity index (χ1v) is 7.66. The molecule has 0 unspecified atom stereocenters. The van der Waals surface area contributed by atoms with Crippen LogP contribution < -0.4 is 0 Å². The lowest BCUT2D eigenvalue weighted by molar-refractivity contribution is -0.143. The second-order valence-electron chi connectivity index (χ2n) is 4.52. The van der Waals surface area contributed by atoms with Crippen LogP contribution in [-0.2, 0) is 11.3 Å². The van der Waals surface area contributed by atoms with E-state index in [1.165, 1.54) is 9.35 Å². The maximum atomic E-state index is 10.9. The normalized spacial score (nSPS) is 19.9. The van der Waals surface area contributed by atoms with E-state index in [4.69, 9.17) is 5.11 Å². The molecule has 0 aliphatic carbocycles. The summed E-state index contributed by atoms with van der Waals surface area (Å²) < 4.78 is 1.17. The van der Waals surface area contributed by atoms with Gasteiger partial charge in [-0.25, -0.2) is 0 Å². The fourth-order valence-electron chi connectivity index (χ4n) is 2.11. The Kier molecular flexibility index (Phi) is 4.77. The van der Waals surface area contributed by atoms with Crippen molar-refractivity contribution < 1.29 is 9.90 Å². The summed E-state index contributed by atoms with van der Waals surface area (Å²) in [6, 6.07) is 1.70. The van der Waals surface area contributed by atoms with Crippen LogP contribution in [-0.4, -0.2) is 53.1 Å². The van der Waals surface area contributed by atoms with E-state index in [-0.39, 0.29) is 6.04 Å². The van der Waals surface area contributed by atoms with E-state index in [1.54, 1.807) is 18.3 Å². The fraction of sp³-hybridized carbons (Fsp3) is 0.583. The van der Waals surface area contributed by atoms with Crippen molar-refractivity contribution in [3.8, 4) is 0 Å². The second kappa shape index (κ2) is 6.14. The molecule has 6 heteroatoms. The van der Waals surface area contributed by atoms with Crippen LogP contribution in [0.15, 0.2) is 15.9 Å². The minimum absolute atomic E-state index is 0.374. The molecule has 1 aliphatic heterocycles. The summed E-state index contributed by atoms with van der Waals surface area (Å²) in [5, 5.41) is 11.1. The minimum atomic E-state index is -0.732. The molecule has 1 saturated heterocycles. The molecule has 1 fully saturated rings. The van der Waals surface area contributed by atoms with Crippen molar-refractivity contribution in [2.75, 3.05) is 26.2 Å². The standard InChI is InChI=1S/C12H17BrN2O2S/c1-9(12(16)17)15-5-3-14(4-6-15)8-11-10(13)2-7-18-11/h2,7,9H,3-6,8H2,1H3,(H,16,17)/t9-/m1/s1. The van der Waals surface area contributed by atoms with E-state index in [0.29, 0.717) is 0 Å². The topological polar surface area (TPSA) is 43.8 Å². The van der Waals surface area contributed by atoms with Crippen LogP contribution in [0.25, 0.3) is 0 Å². The average molecular weight is 333 g/mol. The van der Waals surface area contributed by atoms with Crippen LogP contribution in [0.3, 0.4) is 0 Å². The number of carboxylic acid groups (broad SMARTS) is 1. The van der Waals surface area contributed by atoms with Crippen molar-refractivity contribution >= 4 is 33.2 Å². The van der Waals surface area contributed by atoms with Gasteiger partial charge >= 0.3 is 5.97 Å². The Bertz CT molecular complexity index is 416. The first kappa shape index (κ1) is 14.0. The molecule has 1 aliphatic rings. The van der Waals surface area contributed by atoms with Crippen LogP contribution in [0.5, 0.6) is 0 Å². The molecule has 0 radical (unpaired) electrons. The van der Waals surface area contributed by atoms with Crippen LogP contribution >= 0.6 is 27.3 Å². The quantitative estimate of drug-likeness (QED) is 0.917. The second-order valence-corrected chi connectivity index (χ2v) is 6.37. The zero-order valence-corrected chi connectivity index (χ0v) is 12.7. The van der Waals surface area contributed by atoms with E-state index in [2.05, 4.69) is 32.3 Å². The Labute approximate surface area is 119 Å². The molecule has 0 aromatic carbocycles. The number of rotatable bonds is 4. The maximum Gasteiger partial charge on any atom is 0.320 e. The Balaban J connectivity index is 1.84. The smallest absolute Gasteiger partial charge is 0.320 e.